The van der Waals surface area contributed by atoms with Crippen molar-refractivity contribution in [3.8, 4) is 0 Å². The van der Waals surface area contributed by atoms with E-state index < -0.39 is 0 Å². The number of anilines is 1. The summed E-state index contributed by atoms with van der Waals surface area (Å²) in [5.41, 5.74) is 2.61. The molecule has 1 aromatic carbocycles. The molecule has 1 N–H and O–H groups in total. The zero-order valence-electron chi connectivity index (χ0n) is 13.9. The quantitative estimate of drug-likeness (QED) is 0.833. The van der Waals surface area contributed by atoms with Crippen LogP contribution in [0.25, 0.3) is 0 Å². The minimum Gasteiger partial charge on any atom is -0.372 e. The molecular formula is C18H30N2O. The van der Waals surface area contributed by atoms with Crippen LogP contribution in [0.1, 0.15) is 39.2 Å². The molecule has 1 fully saturated rings. The second kappa shape index (κ2) is 7.81. The second-order valence-corrected chi connectivity index (χ2v) is 6.39. The van der Waals surface area contributed by atoms with Gasteiger partial charge < -0.3 is 15.0 Å². The van der Waals surface area contributed by atoms with Crippen molar-refractivity contribution < 1.29 is 4.74 Å². The Hall–Kier alpha value is -1.06. The third-order valence-corrected chi connectivity index (χ3v) is 4.15. The highest BCUT2D eigenvalue weighted by Crippen LogP contribution is 2.23. The fourth-order valence-corrected chi connectivity index (χ4v) is 2.85. The Bertz CT molecular complexity index is 416. The summed E-state index contributed by atoms with van der Waals surface area (Å²) in [6.45, 7) is 11.7. The molecule has 2 unspecified atom stereocenters. The van der Waals surface area contributed by atoms with Crippen LogP contribution in [0.3, 0.4) is 0 Å². The summed E-state index contributed by atoms with van der Waals surface area (Å²) in [4.78, 5) is 2.42. The van der Waals surface area contributed by atoms with E-state index in [2.05, 4.69) is 62.2 Å². The van der Waals surface area contributed by atoms with E-state index in [0.29, 0.717) is 18.2 Å². The Labute approximate surface area is 129 Å². The molecule has 1 aromatic rings. The highest BCUT2D eigenvalue weighted by atomic mass is 16.5. The number of ether oxygens (including phenoxy) is 1. The first-order valence-electron chi connectivity index (χ1n) is 8.29. The van der Waals surface area contributed by atoms with Crippen molar-refractivity contribution in [1.82, 2.24) is 5.32 Å². The smallest absolute Gasteiger partial charge is 0.0755 e. The Morgan fingerprint density at radius 1 is 1.19 bits per heavy atom. The first kappa shape index (κ1) is 16.3. The molecular weight excluding hydrogens is 260 g/mol. The number of nitrogens with one attached hydrogen (secondary N) is 1. The number of nitrogens with zero attached hydrogens (tertiary/aromatic N) is 1. The Morgan fingerprint density at radius 3 is 2.48 bits per heavy atom. The maximum atomic E-state index is 6.19. The normalized spacial score (nSPS) is 22.0. The summed E-state index contributed by atoms with van der Waals surface area (Å²) in [5.74, 6) is 0. The van der Waals surface area contributed by atoms with Crippen molar-refractivity contribution in [3.63, 3.8) is 0 Å². The zero-order chi connectivity index (χ0) is 15.2. The lowest BCUT2D eigenvalue weighted by Gasteiger charge is -2.26. The van der Waals surface area contributed by atoms with Gasteiger partial charge >= 0.3 is 0 Å². The van der Waals surface area contributed by atoms with Gasteiger partial charge in [0.1, 0.15) is 0 Å². The van der Waals surface area contributed by atoms with Crippen molar-refractivity contribution in [2.24, 2.45) is 0 Å². The van der Waals surface area contributed by atoms with Crippen LogP contribution < -0.4 is 10.2 Å². The lowest BCUT2D eigenvalue weighted by atomic mass is 10.1. The molecule has 1 heterocycles. The number of likely N-dealkylation sites (N-methyl/N-ethyl adjacent to an activating group) is 1. The number of aryl methyl sites for hydroxylation is 1. The van der Waals surface area contributed by atoms with E-state index in [1.165, 1.54) is 24.1 Å². The average Bonchev–Trinajstić information content (AvgIpc) is 2.91. The van der Waals surface area contributed by atoms with Gasteiger partial charge in [-0.2, -0.15) is 0 Å². The van der Waals surface area contributed by atoms with Gasteiger partial charge in [0.25, 0.3) is 0 Å². The first-order valence-corrected chi connectivity index (χ1v) is 8.29. The topological polar surface area (TPSA) is 24.5 Å². The van der Waals surface area contributed by atoms with Crippen LogP contribution in [0.5, 0.6) is 0 Å². The zero-order valence-corrected chi connectivity index (χ0v) is 13.9. The highest BCUT2D eigenvalue weighted by Gasteiger charge is 2.26. The monoisotopic (exact) mass is 290 g/mol. The molecule has 3 heteroatoms. The summed E-state index contributed by atoms with van der Waals surface area (Å²) in [6.07, 6.45) is 3.10. The molecule has 0 amide bonds. The van der Waals surface area contributed by atoms with Gasteiger partial charge in [-0.25, -0.2) is 0 Å². The molecule has 0 aliphatic carbocycles. The highest BCUT2D eigenvalue weighted by molar-refractivity contribution is 5.47. The lowest BCUT2D eigenvalue weighted by Crippen LogP contribution is -2.35. The maximum Gasteiger partial charge on any atom is 0.0755 e. The van der Waals surface area contributed by atoms with Crippen molar-refractivity contribution >= 4 is 5.69 Å². The van der Waals surface area contributed by atoms with Gasteiger partial charge in [0.2, 0.25) is 0 Å². The predicted octanol–water partition coefficient (Wildman–Crippen LogP) is 3.37. The van der Waals surface area contributed by atoms with Crippen molar-refractivity contribution in [2.45, 2.75) is 58.8 Å². The fraction of sp³-hybridized carbons (Fsp3) is 0.667. The molecule has 2 atom stereocenters. The number of hydrogen-bond donors (Lipinski definition) is 1. The van der Waals surface area contributed by atoms with E-state index in [1.54, 1.807) is 0 Å². The van der Waals surface area contributed by atoms with E-state index in [-0.39, 0.29) is 0 Å². The third-order valence-electron chi connectivity index (χ3n) is 4.15. The Morgan fingerprint density at radius 2 is 1.86 bits per heavy atom. The van der Waals surface area contributed by atoms with Gasteiger partial charge in [-0.05, 0) is 38.8 Å². The van der Waals surface area contributed by atoms with E-state index in [1.807, 2.05) is 0 Å². The van der Waals surface area contributed by atoms with Crippen LogP contribution in [0.2, 0.25) is 0 Å². The van der Waals surface area contributed by atoms with Crippen LogP contribution in [0.4, 0.5) is 5.69 Å². The maximum absolute atomic E-state index is 6.19. The molecule has 21 heavy (non-hydrogen) atoms. The first-order chi connectivity index (χ1) is 10.1. The van der Waals surface area contributed by atoms with Gasteiger partial charge in [-0.1, -0.05) is 31.5 Å². The number of benzene rings is 1. The van der Waals surface area contributed by atoms with Crippen LogP contribution >= 0.6 is 0 Å². The van der Waals surface area contributed by atoms with Crippen molar-refractivity contribution in [3.05, 3.63) is 29.8 Å². The fourth-order valence-electron chi connectivity index (χ4n) is 2.85. The second-order valence-electron chi connectivity index (χ2n) is 6.39. The minimum atomic E-state index is 0.366. The number of rotatable bonds is 7. The lowest BCUT2D eigenvalue weighted by molar-refractivity contribution is 0.0485. The van der Waals surface area contributed by atoms with E-state index in [4.69, 9.17) is 4.74 Å². The summed E-state index contributed by atoms with van der Waals surface area (Å²) < 4.78 is 6.19. The molecule has 2 rings (SSSR count). The SMILES string of the molecule is CCN(CC1CCC(CNC(C)C)O1)c1ccc(C)cc1. The molecule has 0 saturated carbocycles. The summed E-state index contributed by atoms with van der Waals surface area (Å²) in [6, 6.07) is 9.33. The van der Waals surface area contributed by atoms with Gasteiger partial charge in [-0.3, -0.25) is 0 Å². The number of hydrogen-bond acceptors (Lipinski definition) is 3. The molecule has 0 spiro atoms. The van der Waals surface area contributed by atoms with Gasteiger partial charge in [0.05, 0.1) is 12.2 Å². The average molecular weight is 290 g/mol. The predicted molar refractivity (Wildman–Crippen MR) is 90.1 cm³/mol. The molecule has 0 aromatic heterocycles. The molecule has 0 radical (unpaired) electrons. The van der Waals surface area contributed by atoms with Gasteiger partial charge in [-0.15, -0.1) is 0 Å². The summed E-state index contributed by atoms with van der Waals surface area (Å²) in [5, 5.41) is 3.47. The Balaban J connectivity index is 1.84. The van der Waals surface area contributed by atoms with Gasteiger partial charge in [0.15, 0.2) is 0 Å². The molecule has 3 nitrogen and oxygen atoms in total. The molecule has 1 saturated heterocycles. The summed E-state index contributed by atoms with van der Waals surface area (Å²) in [7, 11) is 0. The van der Waals surface area contributed by atoms with E-state index >= 15 is 0 Å². The molecule has 1 aliphatic heterocycles. The largest absolute Gasteiger partial charge is 0.372 e. The van der Waals surface area contributed by atoms with Crippen molar-refractivity contribution in [2.75, 3.05) is 24.5 Å². The summed E-state index contributed by atoms with van der Waals surface area (Å²) >= 11 is 0. The van der Waals surface area contributed by atoms with Crippen LogP contribution in [-0.4, -0.2) is 37.9 Å². The van der Waals surface area contributed by atoms with Crippen molar-refractivity contribution in [1.29, 1.82) is 0 Å². The van der Waals surface area contributed by atoms with E-state index in [0.717, 1.165) is 19.6 Å². The van der Waals surface area contributed by atoms with Crippen LogP contribution in [0, 0.1) is 6.92 Å². The van der Waals surface area contributed by atoms with Gasteiger partial charge in [0, 0.05) is 31.4 Å². The minimum absolute atomic E-state index is 0.366. The van der Waals surface area contributed by atoms with Crippen LogP contribution in [0.15, 0.2) is 24.3 Å². The third kappa shape index (κ3) is 5.01. The molecule has 118 valence electrons. The molecule has 0 bridgehead atoms. The Kier molecular flexibility index (Phi) is 6.07. The van der Waals surface area contributed by atoms with Crippen LogP contribution in [-0.2, 0) is 4.74 Å². The molecule has 1 aliphatic rings. The standard InChI is InChI=1S/C18H30N2O/c1-5-20(16-8-6-15(4)7-9-16)13-18-11-10-17(21-18)12-19-14(2)3/h6-9,14,17-19H,5,10-13H2,1-4H3. The van der Waals surface area contributed by atoms with E-state index in [9.17, 15) is 0 Å².